The molecule has 5 nitrogen and oxygen atoms in total. The minimum absolute atomic E-state index is 0.308. The molecule has 0 spiro atoms. The lowest BCUT2D eigenvalue weighted by Crippen LogP contribution is -2.45. The Kier molecular flexibility index (Phi) is 3.27. The van der Waals surface area contributed by atoms with Gasteiger partial charge < -0.3 is 4.90 Å². The van der Waals surface area contributed by atoms with Gasteiger partial charge in [-0.2, -0.15) is 0 Å². The first-order valence-corrected chi connectivity index (χ1v) is 6.14. The second kappa shape index (κ2) is 4.06. The first-order chi connectivity index (χ1) is 5.99. The van der Waals surface area contributed by atoms with E-state index in [1.807, 2.05) is 0 Å². The van der Waals surface area contributed by atoms with E-state index < -0.39 is 9.84 Å². The molecule has 1 radical (unpaired) electrons. The smallest absolute Gasteiger partial charge is 0.237 e. The molecule has 1 aliphatic rings. The molecule has 0 aromatic rings. The number of sulfone groups is 1. The highest BCUT2D eigenvalue weighted by atomic mass is 32.2. The Morgan fingerprint density at radius 1 is 1.38 bits per heavy atom. The van der Waals surface area contributed by atoms with Crippen LogP contribution in [-0.2, 0) is 14.6 Å². The van der Waals surface area contributed by atoms with Gasteiger partial charge in [-0.1, -0.05) is 0 Å². The lowest BCUT2D eigenvalue weighted by atomic mass is 10.3. The third-order valence-corrected chi connectivity index (χ3v) is 2.57. The second-order valence-corrected chi connectivity index (χ2v) is 5.26. The lowest BCUT2D eigenvalue weighted by molar-refractivity contribution is -0.129. The van der Waals surface area contributed by atoms with Crippen LogP contribution in [0.1, 0.15) is 0 Å². The van der Waals surface area contributed by atoms with E-state index in [0.717, 1.165) is 6.26 Å². The van der Waals surface area contributed by atoms with Crippen LogP contribution in [0.15, 0.2) is 0 Å². The summed E-state index contributed by atoms with van der Waals surface area (Å²) in [6.07, 6.45) is 1.07. The molecule has 13 heavy (non-hydrogen) atoms. The van der Waals surface area contributed by atoms with Gasteiger partial charge in [0.05, 0.1) is 0 Å². The highest BCUT2D eigenvalue weighted by molar-refractivity contribution is 7.91. The Morgan fingerprint density at radius 2 is 1.92 bits per heavy atom. The van der Waals surface area contributed by atoms with Gasteiger partial charge in [-0.3, -0.25) is 4.79 Å². The summed E-state index contributed by atoms with van der Waals surface area (Å²) in [5.41, 5.74) is 0. The Hall–Kier alpha value is -0.620. The molecule has 0 N–H and O–H groups in total. The van der Waals surface area contributed by atoms with E-state index in [9.17, 15) is 13.2 Å². The largest absolute Gasteiger partial charge is 0.339 e. The van der Waals surface area contributed by atoms with Crippen molar-refractivity contribution < 1.29 is 13.2 Å². The first-order valence-electron chi connectivity index (χ1n) is 4.08. The highest BCUT2D eigenvalue weighted by Crippen LogP contribution is 1.96. The van der Waals surface area contributed by atoms with Crippen LogP contribution in [0, 0.1) is 0 Å². The molecule has 0 saturated carbocycles. The molecule has 0 atom stereocenters. The zero-order valence-corrected chi connectivity index (χ0v) is 8.38. The molecule has 0 unspecified atom stereocenters. The zero-order valence-electron chi connectivity index (χ0n) is 7.56. The third-order valence-electron chi connectivity index (χ3n) is 1.79. The Morgan fingerprint density at radius 3 is 2.38 bits per heavy atom. The highest BCUT2D eigenvalue weighted by Gasteiger charge is 2.20. The van der Waals surface area contributed by atoms with Gasteiger partial charge in [0.15, 0.2) is 9.84 Å². The van der Waals surface area contributed by atoms with Crippen molar-refractivity contribution in [2.75, 3.05) is 38.2 Å². The van der Waals surface area contributed by atoms with E-state index in [1.54, 1.807) is 4.90 Å². The maximum atomic E-state index is 11.3. The van der Waals surface area contributed by atoms with Crippen molar-refractivity contribution >= 4 is 15.7 Å². The van der Waals surface area contributed by atoms with Gasteiger partial charge in [0.25, 0.3) is 0 Å². The van der Waals surface area contributed by atoms with Crippen LogP contribution in [0.4, 0.5) is 0 Å². The maximum absolute atomic E-state index is 11.3. The van der Waals surface area contributed by atoms with Gasteiger partial charge in [-0.15, -0.1) is 0 Å². The average Bonchev–Trinajstić information content (AvgIpc) is 2.03. The van der Waals surface area contributed by atoms with Crippen LogP contribution in [0.5, 0.6) is 0 Å². The lowest BCUT2D eigenvalue weighted by Gasteiger charge is -2.26. The standard InChI is InChI=1S/C7H13N2O3S/c1-13(11,12)6-7(10)9-4-2-8-3-5-9/h2-6H2,1H3. The van der Waals surface area contributed by atoms with Crippen molar-refractivity contribution in [1.82, 2.24) is 10.2 Å². The van der Waals surface area contributed by atoms with Crippen molar-refractivity contribution in [2.24, 2.45) is 0 Å². The number of rotatable bonds is 2. The molecule has 0 aliphatic carbocycles. The predicted octanol–water partition coefficient (Wildman–Crippen LogP) is -1.52. The van der Waals surface area contributed by atoms with E-state index in [4.69, 9.17) is 0 Å². The summed E-state index contributed by atoms with van der Waals surface area (Å²) in [4.78, 5) is 12.9. The van der Waals surface area contributed by atoms with Crippen LogP contribution in [0.25, 0.3) is 0 Å². The van der Waals surface area contributed by atoms with Crippen molar-refractivity contribution in [3.63, 3.8) is 0 Å². The van der Waals surface area contributed by atoms with Crippen molar-refractivity contribution in [2.45, 2.75) is 0 Å². The van der Waals surface area contributed by atoms with Crippen molar-refractivity contribution in [3.8, 4) is 0 Å². The SMILES string of the molecule is CS(=O)(=O)CC(=O)N1CC[N]CC1. The van der Waals surface area contributed by atoms with Crippen molar-refractivity contribution in [3.05, 3.63) is 0 Å². The monoisotopic (exact) mass is 205 g/mol. The van der Waals surface area contributed by atoms with E-state index >= 15 is 0 Å². The number of hydrogen-bond donors (Lipinski definition) is 0. The summed E-state index contributed by atoms with van der Waals surface area (Å²) in [6.45, 7) is 2.34. The molecule has 1 heterocycles. The Labute approximate surface area is 78.0 Å². The number of carbonyl (C=O) groups is 1. The van der Waals surface area contributed by atoms with E-state index in [2.05, 4.69) is 5.32 Å². The number of amides is 1. The van der Waals surface area contributed by atoms with Gasteiger partial charge in [0.2, 0.25) is 5.91 Å². The second-order valence-electron chi connectivity index (χ2n) is 3.12. The van der Waals surface area contributed by atoms with Crippen LogP contribution in [0.2, 0.25) is 0 Å². The van der Waals surface area contributed by atoms with Gasteiger partial charge in [0.1, 0.15) is 5.75 Å². The molecular weight excluding hydrogens is 192 g/mol. The molecule has 0 aromatic heterocycles. The first kappa shape index (κ1) is 10.5. The summed E-state index contributed by atoms with van der Waals surface area (Å²) in [6, 6.07) is 0. The van der Waals surface area contributed by atoms with Gasteiger partial charge >= 0.3 is 0 Å². The van der Waals surface area contributed by atoms with Gasteiger partial charge in [-0.25, -0.2) is 13.7 Å². The Bertz CT molecular complexity index is 280. The fourth-order valence-electron chi connectivity index (χ4n) is 1.17. The van der Waals surface area contributed by atoms with Crippen LogP contribution in [0.3, 0.4) is 0 Å². The quantitative estimate of drug-likeness (QED) is 0.549. The third kappa shape index (κ3) is 3.73. The average molecular weight is 205 g/mol. The van der Waals surface area contributed by atoms with Crippen LogP contribution < -0.4 is 5.32 Å². The fourth-order valence-corrected chi connectivity index (χ4v) is 1.80. The number of carbonyl (C=O) groups excluding carboxylic acids is 1. The molecule has 6 heteroatoms. The van der Waals surface area contributed by atoms with E-state index in [-0.39, 0.29) is 11.7 Å². The fraction of sp³-hybridized carbons (Fsp3) is 0.857. The van der Waals surface area contributed by atoms with Crippen molar-refractivity contribution in [1.29, 1.82) is 0 Å². The molecule has 1 amide bonds. The van der Waals surface area contributed by atoms with Gasteiger partial charge in [-0.05, 0) is 0 Å². The Balaban J connectivity index is 2.47. The number of nitrogens with zero attached hydrogens (tertiary/aromatic N) is 2. The summed E-state index contributed by atoms with van der Waals surface area (Å²) in [5, 5.41) is 4.06. The van der Waals surface area contributed by atoms with Crippen LogP contribution in [-0.4, -0.2) is 57.4 Å². The zero-order chi connectivity index (χ0) is 9.90. The summed E-state index contributed by atoms with van der Waals surface area (Å²) in [7, 11) is -3.19. The molecule has 0 aromatic carbocycles. The number of hydrogen-bond acceptors (Lipinski definition) is 3. The van der Waals surface area contributed by atoms with Crippen LogP contribution >= 0.6 is 0 Å². The minimum Gasteiger partial charge on any atom is -0.339 e. The molecule has 0 bridgehead atoms. The normalized spacial score (nSPS) is 18.7. The molecule has 1 rings (SSSR count). The summed E-state index contributed by atoms with van der Waals surface area (Å²) in [5.74, 6) is -0.690. The van der Waals surface area contributed by atoms with Gasteiger partial charge in [0, 0.05) is 32.4 Å². The summed E-state index contributed by atoms with van der Waals surface area (Å²) >= 11 is 0. The molecule has 1 aliphatic heterocycles. The molecular formula is C7H13N2O3S. The van der Waals surface area contributed by atoms with E-state index in [0.29, 0.717) is 26.2 Å². The predicted molar refractivity (Wildman–Crippen MR) is 48.2 cm³/mol. The minimum atomic E-state index is -3.19. The molecule has 1 saturated heterocycles. The summed E-state index contributed by atoms with van der Waals surface area (Å²) < 4.78 is 21.6. The number of piperazine rings is 1. The van der Waals surface area contributed by atoms with E-state index in [1.165, 1.54) is 0 Å². The molecule has 75 valence electrons. The topological polar surface area (TPSA) is 68.6 Å². The molecule has 1 fully saturated rings. The maximum Gasteiger partial charge on any atom is 0.237 e.